The molecule has 8 heteroatoms. The highest BCUT2D eigenvalue weighted by atomic mass is 16.5. The van der Waals surface area contributed by atoms with Gasteiger partial charge in [-0.3, -0.25) is 5.32 Å². The summed E-state index contributed by atoms with van der Waals surface area (Å²) in [5.41, 5.74) is 0.522. The molecule has 0 radical (unpaired) electrons. The lowest BCUT2D eigenvalue weighted by Crippen LogP contribution is -2.20. The molecule has 0 aliphatic carbocycles. The minimum atomic E-state index is -0.529. The Labute approximate surface area is 125 Å². The standard InChI is InChI=1S/C14H12N4O4/c1-20-10-6-3-2-5-9(10)15-13(19)16-14-18-17-12(22-14)11-7-4-8-21-11/h2-8H,1H3,(H2,15,16,18,19). The van der Waals surface area contributed by atoms with Gasteiger partial charge in [0, 0.05) is 0 Å². The van der Waals surface area contributed by atoms with Gasteiger partial charge in [0.25, 0.3) is 5.89 Å². The van der Waals surface area contributed by atoms with Crippen molar-refractivity contribution in [1.82, 2.24) is 10.2 Å². The second-order valence-corrected chi connectivity index (χ2v) is 4.17. The van der Waals surface area contributed by atoms with Crippen molar-refractivity contribution in [1.29, 1.82) is 0 Å². The van der Waals surface area contributed by atoms with Gasteiger partial charge in [0.1, 0.15) is 5.75 Å². The number of benzene rings is 1. The number of amides is 2. The lowest BCUT2D eigenvalue weighted by Gasteiger charge is -2.09. The van der Waals surface area contributed by atoms with Gasteiger partial charge < -0.3 is 18.9 Å². The number of urea groups is 1. The Balaban J connectivity index is 1.67. The Morgan fingerprint density at radius 2 is 2.00 bits per heavy atom. The van der Waals surface area contributed by atoms with E-state index in [4.69, 9.17) is 13.6 Å². The van der Waals surface area contributed by atoms with E-state index < -0.39 is 6.03 Å². The van der Waals surface area contributed by atoms with Gasteiger partial charge in [-0.15, -0.1) is 5.10 Å². The number of para-hydroxylation sites is 2. The van der Waals surface area contributed by atoms with E-state index in [0.29, 0.717) is 17.2 Å². The fraction of sp³-hybridized carbons (Fsp3) is 0.0714. The molecule has 0 saturated carbocycles. The number of ether oxygens (including phenoxy) is 1. The summed E-state index contributed by atoms with van der Waals surface area (Å²) in [6, 6.07) is 9.82. The van der Waals surface area contributed by atoms with E-state index in [1.54, 1.807) is 36.4 Å². The molecule has 2 aromatic heterocycles. The molecule has 0 atom stereocenters. The van der Waals surface area contributed by atoms with E-state index >= 15 is 0 Å². The molecule has 0 unspecified atom stereocenters. The van der Waals surface area contributed by atoms with Crippen LogP contribution in [0.25, 0.3) is 11.7 Å². The first-order valence-electron chi connectivity index (χ1n) is 6.34. The molecule has 0 aliphatic rings. The molecule has 3 aromatic rings. The monoisotopic (exact) mass is 300 g/mol. The van der Waals surface area contributed by atoms with E-state index in [-0.39, 0.29) is 11.9 Å². The van der Waals surface area contributed by atoms with Crippen LogP contribution < -0.4 is 15.4 Å². The number of rotatable bonds is 4. The maximum absolute atomic E-state index is 11.9. The van der Waals surface area contributed by atoms with Crippen LogP contribution in [0.4, 0.5) is 16.5 Å². The van der Waals surface area contributed by atoms with Crippen LogP contribution in [0.3, 0.4) is 0 Å². The lowest BCUT2D eigenvalue weighted by atomic mass is 10.3. The first-order valence-corrected chi connectivity index (χ1v) is 6.34. The number of nitrogens with one attached hydrogen (secondary N) is 2. The Bertz CT molecular complexity index is 767. The van der Waals surface area contributed by atoms with Crippen LogP contribution in [0.15, 0.2) is 51.5 Å². The van der Waals surface area contributed by atoms with Gasteiger partial charge in [0.05, 0.1) is 19.1 Å². The summed E-state index contributed by atoms with van der Waals surface area (Å²) < 4.78 is 15.5. The number of hydrogen-bond acceptors (Lipinski definition) is 6. The van der Waals surface area contributed by atoms with Gasteiger partial charge in [0.15, 0.2) is 5.76 Å². The van der Waals surface area contributed by atoms with Crippen molar-refractivity contribution >= 4 is 17.7 Å². The molecule has 1 aromatic carbocycles. The van der Waals surface area contributed by atoms with Crippen molar-refractivity contribution < 1.29 is 18.4 Å². The van der Waals surface area contributed by atoms with Crippen LogP contribution in [0, 0.1) is 0 Å². The average molecular weight is 300 g/mol. The number of aromatic nitrogens is 2. The van der Waals surface area contributed by atoms with Crippen LogP contribution >= 0.6 is 0 Å². The molecule has 3 rings (SSSR count). The summed E-state index contributed by atoms with van der Waals surface area (Å²) in [4.78, 5) is 11.9. The van der Waals surface area contributed by atoms with Gasteiger partial charge in [-0.05, 0) is 24.3 Å². The summed E-state index contributed by atoms with van der Waals surface area (Å²) in [6.07, 6.45) is 1.49. The predicted molar refractivity (Wildman–Crippen MR) is 77.6 cm³/mol. The van der Waals surface area contributed by atoms with E-state index in [2.05, 4.69) is 20.8 Å². The number of hydrogen-bond donors (Lipinski definition) is 2. The second-order valence-electron chi connectivity index (χ2n) is 4.17. The molecule has 0 aliphatic heterocycles. The molecule has 0 spiro atoms. The zero-order valence-corrected chi connectivity index (χ0v) is 11.6. The molecule has 2 heterocycles. The maximum atomic E-state index is 11.9. The highest BCUT2D eigenvalue weighted by molar-refractivity contribution is 5.99. The van der Waals surface area contributed by atoms with Crippen LogP contribution in [0.5, 0.6) is 5.75 Å². The largest absolute Gasteiger partial charge is 0.495 e. The smallest absolute Gasteiger partial charge is 0.327 e. The third kappa shape index (κ3) is 2.90. The molecular weight excluding hydrogens is 288 g/mol. The van der Waals surface area contributed by atoms with Crippen molar-refractivity contribution in [3.05, 3.63) is 42.7 Å². The van der Waals surface area contributed by atoms with Crippen molar-refractivity contribution in [3.63, 3.8) is 0 Å². The van der Waals surface area contributed by atoms with Gasteiger partial charge in [0.2, 0.25) is 0 Å². The third-order valence-electron chi connectivity index (χ3n) is 2.73. The van der Waals surface area contributed by atoms with Gasteiger partial charge >= 0.3 is 12.0 Å². The molecule has 112 valence electrons. The molecular formula is C14H12N4O4. The van der Waals surface area contributed by atoms with Gasteiger partial charge in [-0.25, -0.2) is 4.79 Å². The maximum Gasteiger partial charge on any atom is 0.327 e. The molecule has 2 amide bonds. The highest BCUT2D eigenvalue weighted by Gasteiger charge is 2.13. The normalized spacial score (nSPS) is 10.2. The Morgan fingerprint density at radius 1 is 1.14 bits per heavy atom. The summed E-state index contributed by atoms with van der Waals surface area (Å²) in [5.74, 6) is 1.14. The molecule has 0 bridgehead atoms. The highest BCUT2D eigenvalue weighted by Crippen LogP contribution is 2.23. The number of anilines is 2. The van der Waals surface area contributed by atoms with E-state index in [9.17, 15) is 4.79 Å². The lowest BCUT2D eigenvalue weighted by molar-refractivity contribution is 0.261. The van der Waals surface area contributed by atoms with Crippen LogP contribution in [-0.4, -0.2) is 23.3 Å². The fourth-order valence-corrected chi connectivity index (χ4v) is 1.77. The SMILES string of the molecule is COc1ccccc1NC(=O)Nc1nnc(-c2ccco2)o1. The number of furan rings is 1. The van der Waals surface area contributed by atoms with E-state index in [1.165, 1.54) is 13.4 Å². The third-order valence-corrected chi connectivity index (χ3v) is 2.73. The molecule has 8 nitrogen and oxygen atoms in total. The van der Waals surface area contributed by atoms with Crippen LogP contribution in [0.1, 0.15) is 0 Å². The van der Waals surface area contributed by atoms with Crippen molar-refractivity contribution in [3.8, 4) is 17.4 Å². The minimum Gasteiger partial charge on any atom is -0.495 e. The Kier molecular flexibility index (Phi) is 3.73. The number of carbonyl (C=O) groups excluding carboxylic acids is 1. The second kappa shape index (κ2) is 6.00. The first-order chi connectivity index (χ1) is 10.8. The Hall–Kier alpha value is -3.29. The number of methoxy groups -OCH3 is 1. The number of carbonyl (C=O) groups is 1. The van der Waals surface area contributed by atoms with Crippen LogP contribution in [-0.2, 0) is 0 Å². The average Bonchev–Trinajstić information content (AvgIpc) is 3.18. The molecule has 0 fully saturated rings. The minimum absolute atomic E-state index is 0.0428. The summed E-state index contributed by atoms with van der Waals surface area (Å²) in [5, 5.41) is 12.6. The fourth-order valence-electron chi connectivity index (χ4n) is 1.77. The predicted octanol–water partition coefficient (Wildman–Crippen LogP) is 2.98. The van der Waals surface area contributed by atoms with Crippen molar-refractivity contribution in [2.75, 3.05) is 17.7 Å². The number of nitrogens with zero attached hydrogens (tertiary/aromatic N) is 2. The van der Waals surface area contributed by atoms with Crippen molar-refractivity contribution in [2.45, 2.75) is 0 Å². The van der Waals surface area contributed by atoms with E-state index in [1.807, 2.05) is 0 Å². The topological polar surface area (TPSA) is 102 Å². The summed E-state index contributed by atoms with van der Waals surface area (Å²) >= 11 is 0. The molecule has 22 heavy (non-hydrogen) atoms. The zero-order valence-electron chi connectivity index (χ0n) is 11.6. The molecule has 2 N–H and O–H groups in total. The van der Waals surface area contributed by atoms with Gasteiger partial charge in [-0.2, -0.15) is 0 Å². The summed E-state index contributed by atoms with van der Waals surface area (Å²) in [7, 11) is 1.52. The van der Waals surface area contributed by atoms with Crippen LogP contribution in [0.2, 0.25) is 0 Å². The van der Waals surface area contributed by atoms with E-state index in [0.717, 1.165) is 0 Å². The Morgan fingerprint density at radius 3 is 2.77 bits per heavy atom. The zero-order chi connectivity index (χ0) is 15.4. The van der Waals surface area contributed by atoms with Crippen molar-refractivity contribution in [2.24, 2.45) is 0 Å². The quantitative estimate of drug-likeness (QED) is 0.768. The first kappa shape index (κ1) is 13.7. The van der Waals surface area contributed by atoms with Gasteiger partial charge in [-0.1, -0.05) is 17.2 Å². The molecule has 0 saturated heterocycles. The summed E-state index contributed by atoms with van der Waals surface area (Å²) in [6.45, 7) is 0.